The van der Waals surface area contributed by atoms with Crippen LogP contribution in [0.2, 0.25) is 0 Å². The number of thiophene rings is 1. The summed E-state index contributed by atoms with van der Waals surface area (Å²) in [6, 6.07) is 4.22. The molecule has 0 saturated carbocycles. The largest absolute Gasteiger partial charge is 0.354 e. The molecule has 0 radical (unpaired) electrons. The Morgan fingerprint density at radius 2 is 2.11 bits per heavy atom. The number of hydrogen-bond acceptors (Lipinski definition) is 3. The number of aryl methyl sites for hydroxylation is 2. The van der Waals surface area contributed by atoms with E-state index >= 15 is 0 Å². The average molecular weight is 360 g/mol. The molecular weight excluding hydrogens is 344 g/mol. The average Bonchev–Trinajstić information content (AvgIpc) is 2.73. The fraction of sp³-hybridized carbons (Fsp3) is 0.357. The zero-order valence-electron chi connectivity index (χ0n) is 11.2. The van der Waals surface area contributed by atoms with E-state index in [0.29, 0.717) is 5.88 Å². The minimum absolute atomic E-state index is 0.493. The molecular formula is C14H16BrClN2S. The van der Waals surface area contributed by atoms with E-state index in [2.05, 4.69) is 57.3 Å². The van der Waals surface area contributed by atoms with E-state index in [9.17, 15) is 0 Å². The van der Waals surface area contributed by atoms with Gasteiger partial charge in [-0.15, -0.1) is 22.9 Å². The number of alkyl halides is 1. The second kappa shape index (κ2) is 6.25. The molecule has 0 atom stereocenters. The summed E-state index contributed by atoms with van der Waals surface area (Å²) in [6.45, 7) is 4.95. The van der Waals surface area contributed by atoms with Crippen molar-refractivity contribution in [2.24, 2.45) is 0 Å². The highest BCUT2D eigenvalue weighted by atomic mass is 79.9. The van der Waals surface area contributed by atoms with Crippen LogP contribution < -0.4 is 4.90 Å². The maximum Gasteiger partial charge on any atom is 0.133 e. The van der Waals surface area contributed by atoms with Crippen LogP contribution in [0.15, 0.2) is 22.0 Å². The first-order valence-corrected chi connectivity index (χ1v) is 8.19. The normalized spacial score (nSPS) is 10.8. The standard InChI is InChI=1S/C14H16BrClN2S/c1-9-4-10(2)17-14(13(9)6-16)18(3)7-12-5-11(15)8-19-12/h4-5,8H,6-7H2,1-3H3. The smallest absolute Gasteiger partial charge is 0.133 e. The van der Waals surface area contributed by atoms with E-state index in [1.165, 1.54) is 10.4 Å². The number of hydrogen-bond donors (Lipinski definition) is 0. The highest BCUT2D eigenvalue weighted by molar-refractivity contribution is 9.10. The lowest BCUT2D eigenvalue weighted by molar-refractivity contribution is 0.891. The minimum Gasteiger partial charge on any atom is -0.354 e. The Morgan fingerprint density at radius 1 is 1.37 bits per heavy atom. The van der Waals surface area contributed by atoms with Gasteiger partial charge in [-0.3, -0.25) is 0 Å². The van der Waals surface area contributed by atoms with Crippen molar-refractivity contribution in [1.29, 1.82) is 0 Å². The third-order valence-electron chi connectivity index (χ3n) is 2.96. The molecule has 0 amide bonds. The van der Waals surface area contributed by atoms with Crippen LogP contribution in [0, 0.1) is 13.8 Å². The molecule has 0 saturated heterocycles. The summed E-state index contributed by atoms with van der Waals surface area (Å²) in [4.78, 5) is 8.11. The summed E-state index contributed by atoms with van der Waals surface area (Å²) in [6.07, 6.45) is 0. The summed E-state index contributed by atoms with van der Waals surface area (Å²) in [5, 5.41) is 2.10. The van der Waals surface area contributed by atoms with Crippen LogP contribution in [-0.2, 0) is 12.4 Å². The van der Waals surface area contributed by atoms with Crippen LogP contribution >= 0.6 is 38.9 Å². The number of pyridine rings is 1. The summed E-state index contributed by atoms with van der Waals surface area (Å²) in [7, 11) is 2.06. The van der Waals surface area contributed by atoms with E-state index < -0.39 is 0 Å². The van der Waals surface area contributed by atoms with Crippen LogP contribution in [0.1, 0.15) is 21.7 Å². The molecule has 2 aromatic heterocycles. The van der Waals surface area contributed by atoms with Crippen LogP contribution in [-0.4, -0.2) is 12.0 Å². The molecule has 0 aromatic carbocycles. The Kier molecular flexibility index (Phi) is 4.87. The third-order valence-corrected chi connectivity index (χ3v) is 4.91. The molecule has 0 aliphatic heterocycles. The SMILES string of the molecule is Cc1cc(C)c(CCl)c(N(C)Cc2cc(Br)cs2)n1. The lowest BCUT2D eigenvalue weighted by atomic mass is 10.1. The molecule has 0 N–H and O–H groups in total. The van der Waals surface area contributed by atoms with Crippen molar-refractivity contribution in [2.45, 2.75) is 26.3 Å². The van der Waals surface area contributed by atoms with Gasteiger partial charge in [0.15, 0.2) is 0 Å². The van der Waals surface area contributed by atoms with Crippen LogP contribution in [0.5, 0.6) is 0 Å². The molecule has 0 spiro atoms. The predicted octanol–water partition coefficient (Wildman–Crippen LogP) is 4.90. The zero-order valence-corrected chi connectivity index (χ0v) is 14.4. The highest BCUT2D eigenvalue weighted by Crippen LogP contribution is 2.27. The second-order valence-corrected chi connectivity index (χ2v) is 6.78. The summed E-state index contributed by atoms with van der Waals surface area (Å²) >= 11 is 11.3. The Morgan fingerprint density at radius 3 is 2.68 bits per heavy atom. The van der Waals surface area contributed by atoms with Crippen molar-refractivity contribution in [1.82, 2.24) is 4.98 Å². The fourth-order valence-electron chi connectivity index (χ4n) is 2.07. The first-order chi connectivity index (χ1) is 9.01. The molecule has 2 heterocycles. The molecule has 0 bridgehead atoms. The van der Waals surface area contributed by atoms with Gasteiger partial charge in [0.2, 0.25) is 0 Å². The van der Waals surface area contributed by atoms with E-state index in [0.717, 1.165) is 28.1 Å². The van der Waals surface area contributed by atoms with Crippen molar-refractivity contribution < 1.29 is 0 Å². The second-order valence-electron chi connectivity index (χ2n) is 4.60. The highest BCUT2D eigenvalue weighted by Gasteiger charge is 2.13. The van der Waals surface area contributed by atoms with Gasteiger partial charge in [-0.05, 0) is 47.5 Å². The molecule has 2 aromatic rings. The molecule has 0 unspecified atom stereocenters. The Bertz CT molecular complexity index is 583. The third kappa shape index (κ3) is 3.50. The van der Waals surface area contributed by atoms with E-state index in [1.807, 2.05) is 6.92 Å². The molecule has 19 heavy (non-hydrogen) atoms. The Labute approximate surface area is 131 Å². The number of halogens is 2. The monoisotopic (exact) mass is 358 g/mol. The van der Waals surface area contributed by atoms with E-state index in [4.69, 9.17) is 11.6 Å². The summed E-state index contributed by atoms with van der Waals surface area (Å²) in [5.74, 6) is 1.48. The van der Waals surface area contributed by atoms with Gasteiger partial charge in [0, 0.05) is 33.0 Å². The van der Waals surface area contributed by atoms with Gasteiger partial charge in [0.05, 0.1) is 12.4 Å². The van der Waals surface area contributed by atoms with E-state index in [1.54, 1.807) is 11.3 Å². The lowest BCUT2D eigenvalue weighted by Crippen LogP contribution is -2.19. The van der Waals surface area contributed by atoms with Gasteiger partial charge < -0.3 is 4.90 Å². The molecule has 2 rings (SSSR count). The molecule has 5 heteroatoms. The molecule has 102 valence electrons. The van der Waals surface area contributed by atoms with Gasteiger partial charge in [-0.2, -0.15) is 0 Å². The van der Waals surface area contributed by atoms with Crippen molar-refractivity contribution in [2.75, 3.05) is 11.9 Å². The van der Waals surface area contributed by atoms with Crippen LogP contribution in [0.4, 0.5) is 5.82 Å². The van der Waals surface area contributed by atoms with Crippen molar-refractivity contribution in [3.63, 3.8) is 0 Å². The van der Waals surface area contributed by atoms with E-state index in [-0.39, 0.29) is 0 Å². The summed E-state index contributed by atoms with van der Waals surface area (Å²) < 4.78 is 1.13. The first kappa shape index (κ1) is 14.8. The molecule has 2 nitrogen and oxygen atoms in total. The Balaban J connectivity index is 2.30. The van der Waals surface area contributed by atoms with Crippen molar-refractivity contribution in [3.05, 3.63) is 43.7 Å². The summed E-state index contributed by atoms with van der Waals surface area (Å²) in [5.41, 5.74) is 3.35. The predicted molar refractivity (Wildman–Crippen MR) is 87.4 cm³/mol. The number of nitrogens with zero attached hydrogens (tertiary/aromatic N) is 2. The zero-order chi connectivity index (χ0) is 14.0. The number of anilines is 1. The quantitative estimate of drug-likeness (QED) is 0.722. The fourth-order valence-corrected chi connectivity index (χ4v) is 3.90. The van der Waals surface area contributed by atoms with Gasteiger partial charge in [0.1, 0.15) is 5.82 Å². The van der Waals surface area contributed by atoms with Gasteiger partial charge in [0.25, 0.3) is 0 Å². The Hall–Kier alpha value is -0.580. The number of rotatable bonds is 4. The van der Waals surface area contributed by atoms with Crippen LogP contribution in [0.3, 0.4) is 0 Å². The molecule has 0 aliphatic rings. The van der Waals surface area contributed by atoms with Gasteiger partial charge in [-0.1, -0.05) is 0 Å². The van der Waals surface area contributed by atoms with Crippen molar-refractivity contribution >= 4 is 44.7 Å². The first-order valence-electron chi connectivity index (χ1n) is 5.98. The molecule has 0 aliphatic carbocycles. The maximum atomic E-state index is 6.07. The van der Waals surface area contributed by atoms with Gasteiger partial charge in [-0.25, -0.2) is 4.98 Å². The minimum atomic E-state index is 0.493. The number of aromatic nitrogens is 1. The lowest BCUT2D eigenvalue weighted by Gasteiger charge is -2.21. The van der Waals surface area contributed by atoms with Crippen molar-refractivity contribution in [3.8, 4) is 0 Å². The van der Waals surface area contributed by atoms with Crippen LogP contribution in [0.25, 0.3) is 0 Å². The molecule has 0 fully saturated rings. The van der Waals surface area contributed by atoms with Gasteiger partial charge >= 0.3 is 0 Å². The topological polar surface area (TPSA) is 16.1 Å². The maximum absolute atomic E-state index is 6.07.